The summed E-state index contributed by atoms with van der Waals surface area (Å²) in [7, 11) is 2.17. The molecule has 1 N–H and O–H groups in total. The largest absolute Gasteiger partial charge is 0.357 e. The third-order valence-electron chi connectivity index (χ3n) is 3.93. The molecule has 2 heterocycles. The number of piperidine rings is 1. The molecule has 0 unspecified atom stereocenters. The molecule has 4 heteroatoms. The summed E-state index contributed by atoms with van der Waals surface area (Å²) in [6.07, 6.45) is 4.30. The first kappa shape index (κ1) is 14.3. The lowest BCUT2D eigenvalue weighted by Gasteiger charge is -2.33. The first-order chi connectivity index (χ1) is 9.29. The van der Waals surface area contributed by atoms with E-state index in [0.717, 1.165) is 38.5 Å². The molecule has 1 aromatic heterocycles. The lowest BCUT2D eigenvalue weighted by atomic mass is 10.1. The van der Waals surface area contributed by atoms with E-state index in [4.69, 9.17) is 0 Å². The molecule has 1 aromatic rings. The number of nitrogens with one attached hydrogen (secondary N) is 1. The SMILES string of the molecule is CCN(C)CCNC1CCN(c2ccccn2)CC1. The Morgan fingerprint density at radius 1 is 1.37 bits per heavy atom. The molecule has 106 valence electrons. The summed E-state index contributed by atoms with van der Waals surface area (Å²) in [5.41, 5.74) is 0. The van der Waals surface area contributed by atoms with Crippen molar-refractivity contribution in [1.29, 1.82) is 0 Å². The van der Waals surface area contributed by atoms with Crippen LogP contribution >= 0.6 is 0 Å². The van der Waals surface area contributed by atoms with Gasteiger partial charge in [0.25, 0.3) is 0 Å². The van der Waals surface area contributed by atoms with Gasteiger partial charge in [-0.3, -0.25) is 0 Å². The molecule has 0 aromatic carbocycles. The van der Waals surface area contributed by atoms with Crippen LogP contribution in [-0.4, -0.2) is 55.7 Å². The van der Waals surface area contributed by atoms with Gasteiger partial charge in [0.05, 0.1) is 0 Å². The topological polar surface area (TPSA) is 31.4 Å². The Labute approximate surface area is 116 Å². The van der Waals surface area contributed by atoms with Gasteiger partial charge in [-0.15, -0.1) is 0 Å². The van der Waals surface area contributed by atoms with E-state index in [-0.39, 0.29) is 0 Å². The Hall–Kier alpha value is -1.13. The fraction of sp³-hybridized carbons (Fsp3) is 0.667. The predicted octanol–water partition coefficient (Wildman–Crippen LogP) is 1.59. The van der Waals surface area contributed by atoms with Gasteiger partial charge in [-0.2, -0.15) is 0 Å². The standard InChI is InChI=1S/C15H26N4/c1-3-18(2)13-10-16-14-7-11-19(12-8-14)15-6-4-5-9-17-15/h4-6,9,14,16H,3,7-8,10-13H2,1-2H3. The van der Waals surface area contributed by atoms with Crippen molar-refractivity contribution in [2.24, 2.45) is 0 Å². The summed E-state index contributed by atoms with van der Waals surface area (Å²) in [5.74, 6) is 1.12. The van der Waals surface area contributed by atoms with Crippen LogP contribution in [0.1, 0.15) is 19.8 Å². The van der Waals surface area contributed by atoms with Crippen molar-refractivity contribution in [2.75, 3.05) is 44.7 Å². The van der Waals surface area contributed by atoms with Gasteiger partial charge in [-0.05, 0) is 38.6 Å². The molecule has 0 aliphatic carbocycles. The highest BCUT2D eigenvalue weighted by atomic mass is 15.2. The van der Waals surface area contributed by atoms with E-state index in [9.17, 15) is 0 Å². The van der Waals surface area contributed by atoms with Gasteiger partial charge < -0.3 is 15.1 Å². The Balaban J connectivity index is 1.68. The molecule has 0 atom stereocenters. The average Bonchev–Trinajstić information content (AvgIpc) is 2.48. The van der Waals surface area contributed by atoms with Crippen LogP contribution in [0.3, 0.4) is 0 Å². The Kier molecular flexibility index (Phi) is 5.61. The number of nitrogens with zero attached hydrogens (tertiary/aromatic N) is 3. The monoisotopic (exact) mass is 262 g/mol. The minimum atomic E-state index is 0.671. The van der Waals surface area contributed by atoms with Crippen LogP contribution in [-0.2, 0) is 0 Å². The van der Waals surface area contributed by atoms with E-state index in [1.54, 1.807) is 0 Å². The highest BCUT2D eigenvalue weighted by molar-refractivity contribution is 5.38. The number of aromatic nitrogens is 1. The second-order valence-corrected chi connectivity index (χ2v) is 5.30. The van der Waals surface area contributed by atoms with E-state index < -0.39 is 0 Å². The van der Waals surface area contributed by atoms with Crippen LogP contribution in [0.25, 0.3) is 0 Å². The summed E-state index contributed by atoms with van der Waals surface area (Å²) in [4.78, 5) is 9.15. The average molecular weight is 262 g/mol. The van der Waals surface area contributed by atoms with E-state index in [1.807, 2.05) is 12.3 Å². The Bertz CT molecular complexity index is 346. The fourth-order valence-electron chi connectivity index (χ4n) is 2.47. The first-order valence-electron chi connectivity index (χ1n) is 7.37. The minimum Gasteiger partial charge on any atom is -0.357 e. The molecule has 2 rings (SSSR count). The van der Waals surface area contributed by atoms with Gasteiger partial charge in [-0.25, -0.2) is 4.98 Å². The van der Waals surface area contributed by atoms with Crippen molar-refractivity contribution in [1.82, 2.24) is 15.2 Å². The zero-order valence-corrected chi connectivity index (χ0v) is 12.2. The molecule has 19 heavy (non-hydrogen) atoms. The summed E-state index contributed by atoms with van der Waals surface area (Å²) in [5, 5.41) is 3.67. The molecular formula is C15H26N4. The number of hydrogen-bond acceptors (Lipinski definition) is 4. The maximum atomic E-state index is 4.42. The molecule has 1 aliphatic rings. The predicted molar refractivity (Wildman–Crippen MR) is 80.6 cm³/mol. The Morgan fingerprint density at radius 2 is 2.16 bits per heavy atom. The van der Waals surface area contributed by atoms with Crippen molar-refractivity contribution in [3.05, 3.63) is 24.4 Å². The number of rotatable bonds is 6. The number of likely N-dealkylation sites (N-methyl/N-ethyl adjacent to an activating group) is 1. The molecule has 0 bridgehead atoms. The third kappa shape index (κ3) is 4.48. The third-order valence-corrected chi connectivity index (χ3v) is 3.93. The van der Waals surface area contributed by atoms with Gasteiger partial charge in [0, 0.05) is 38.4 Å². The van der Waals surface area contributed by atoms with E-state index in [0.29, 0.717) is 6.04 Å². The minimum absolute atomic E-state index is 0.671. The molecule has 1 saturated heterocycles. The van der Waals surface area contributed by atoms with Crippen molar-refractivity contribution in [2.45, 2.75) is 25.8 Å². The molecule has 1 aliphatic heterocycles. The van der Waals surface area contributed by atoms with Crippen LogP contribution in [0.15, 0.2) is 24.4 Å². The van der Waals surface area contributed by atoms with Crippen LogP contribution in [0.2, 0.25) is 0 Å². The first-order valence-corrected chi connectivity index (χ1v) is 7.37. The summed E-state index contributed by atoms with van der Waals surface area (Å²) in [6.45, 7) is 7.78. The normalized spacial score (nSPS) is 17.1. The lowest BCUT2D eigenvalue weighted by molar-refractivity contribution is 0.327. The number of anilines is 1. The molecule has 0 spiro atoms. The second-order valence-electron chi connectivity index (χ2n) is 5.30. The molecule has 0 amide bonds. The molecular weight excluding hydrogens is 236 g/mol. The number of pyridine rings is 1. The Morgan fingerprint density at radius 3 is 2.79 bits per heavy atom. The van der Waals surface area contributed by atoms with E-state index in [1.165, 1.54) is 12.8 Å². The summed E-state index contributed by atoms with van der Waals surface area (Å²) < 4.78 is 0. The zero-order chi connectivity index (χ0) is 13.5. The highest BCUT2D eigenvalue weighted by Gasteiger charge is 2.19. The van der Waals surface area contributed by atoms with Crippen molar-refractivity contribution in [3.8, 4) is 0 Å². The van der Waals surface area contributed by atoms with Gasteiger partial charge >= 0.3 is 0 Å². The maximum Gasteiger partial charge on any atom is 0.128 e. The van der Waals surface area contributed by atoms with Crippen LogP contribution < -0.4 is 10.2 Å². The van der Waals surface area contributed by atoms with Gasteiger partial charge in [0.15, 0.2) is 0 Å². The van der Waals surface area contributed by atoms with Crippen molar-refractivity contribution < 1.29 is 0 Å². The molecule has 0 saturated carbocycles. The quantitative estimate of drug-likeness (QED) is 0.843. The molecule has 0 radical (unpaired) electrons. The van der Waals surface area contributed by atoms with Crippen LogP contribution in [0.4, 0.5) is 5.82 Å². The van der Waals surface area contributed by atoms with Crippen molar-refractivity contribution >= 4 is 5.82 Å². The zero-order valence-electron chi connectivity index (χ0n) is 12.2. The lowest BCUT2D eigenvalue weighted by Crippen LogP contribution is -2.44. The van der Waals surface area contributed by atoms with Gasteiger partial charge in [-0.1, -0.05) is 13.0 Å². The van der Waals surface area contributed by atoms with Crippen LogP contribution in [0, 0.1) is 0 Å². The van der Waals surface area contributed by atoms with E-state index in [2.05, 4.69) is 46.2 Å². The fourth-order valence-corrected chi connectivity index (χ4v) is 2.47. The van der Waals surface area contributed by atoms with Gasteiger partial charge in [0.2, 0.25) is 0 Å². The maximum absolute atomic E-state index is 4.42. The summed E-state index contributed by atoms with van der Waals surface area (Å²) >= 11 is 0. The van der Waals surface area contributed by atoms with Crippen molar-refractivity contribution in [3.63, 3.8) is 0 Å². The number of hydrogen-bond donors (Lipinski definition) is 1. The molecule has 4 nitrogen and oxygen atoms in total. The van der Waals surface area contributed by atoms with Crippen LogP contribution in [0.5, 0.6) is 0 Å². The van der Waals surface area contributed by atoms with E-state index >= 15 is 0 Å². The second kappa shape index (κ2) is 7.46. The molecule has 1 fully saturated rings. The summed E-state index contributed by atoms with van der Waals surface area (Å²) in [6, 6.07) is 6.81. The highest BCUT2D eigenvalue weighted by Crippen LogP contribution is 2.16. The smallest absolute Gasteiger partial charge is 0.128 e. The van der Waals surface area contributed by atoms with Gasteiger partial charge in [0.1, 0.15) is 5.82 Å².